The predicted molar refractivity (Wildman–Crippen MR) is 48.7 cm³/mol. The summed E-state index contributed by atoms with van der Waals surface area (Å²) in [5.74, 6) is 0.550. The lowest BCUT2D eigenvalue weighted by molar-refractivity contribution is 1.27. The Morgan fingerprint density at radius 2 is 2.45 bits per heavy atom. The van der Waals surface area contributed by atoms with Crippen LogP contribution in [0.3, 0.4) is 0 Å². The van der Waals surface area contributed by atoms with E-state index in [9.17, 15) is 0 Å². The largest absolute Gasteiger partial charge is 0.264 e. The van der Waals surface area contributed by atoms with Crippen LogP contribution < -0.4 is 0 Å². The minimum absolute atomic E-state index is 0.550. The minimum Gasteiger partial charge on any atom is -0.264 e. The van der Waals surface area contributed by atoms with Gasteiger partial charge in [0, 0.05) is 18.3 Å². The first kappa shape index (κ1) is 8.28. The SMILES string of the molecule is Cc1ccncc1/C=C/CCl. The number of pyridine rings is 1. The molecule has 1 heterocycles. The molecule has 11 heavy (non-hydrogen) atoms. The fourth-order valence-corrected chi connectivity index (χ4v) is 0.911. The maximum atomic E-state index is 5.50. The van der Waals surface area contributed by atoms with E-state index in [4.69, 9.17) is 11.6 Å². The Bertz CT molecular complexity index is 255. The number of aromatic nitrogens is 1. The fourth-order valence-electron chi connectivity index (χ4n) is 0.822. The Balaban J connectivity index is 2.86. The van der Waals surface area contributed by atoms with Crippen LogP contribution in [0.5, 0.6) is 0 Å². The van der Waals surface area contributed by atoms with Crippen LogP contribution in [0.1, 0.15) is 11.1 Å². The van der Waals surface area contributed by atoms with E-state index in [1.54, 1.807) is 6.20 Å². The van der Waals surface area contributed by atoms with Gasteiger partial charge >= 0.3 is 0 Å². The smallest absolute Gasteiger partial charge is 0.0407 e. The molecular formula is C9H10ClN. The lowest BCUT2D eigenvalue weighted by atomic mass is 10.1. The third-order valence-electron chi connectivity index (χ3n) is 1.47. The Kier molecular flexibility index (Phi) is 3.12. The summed E-state index contributed by atoms with van der Waals surface area (Å²) in [7, 11) is 0. The van der Waals surface area contributed by atoms with Gasteiger partial charge in [0.05, 0.1) is 0 Å². The molecule has 0 saturated heterocycles. The van der Waals surface area contributed by atoms with Crippen molar-refractivity contribution in [3.8, 4) is 0 Å². The highest BCUT2D eigenvalue weighted by Gasteiger charge is 1.89. The lowest BCUT2D eigenvalue weighted by Gasteiger charge is -1.95. The predicted octanol–water partition coefficient (Wildman–Crippen LogP) is 2.64. The molecule has 1 rings (SSSR count). The summed E-state index contributed by atoms with van der Waals surface area (Å²) in [4.78, 5) is 4.00. The van der Waals surface area contributed by atoms with Gasteiger partial charge in [0.2, 0.25) is 0 Å². The van der Waals surface area contributed by atoms with Crippen molar-refractivity contribution in [1.82, 2.24) is 4.98 Å². The average Bonchev–Trinajstić information content (AvgIpc) is 2.03. The number of hydrogen-bond donors (Lipinski definition) is 0. The highest BCUT2D eigenvalue weighted by molar-refractivity contribution is 6.19. The molecule has 1 nitrogen and oxygen atoms in total. The molecule has 1 aromatic heterocycles. The summed E-state index contributed by atoms with van der Waals surface area (Å²) < 4.78 is 0. The summed E-state index contributed by atoms with van der Waals surface area (Å²) in [5.41, 5.74) is 2.36. The first-order valence-electron chi connectivity index (χ1n) is 3.47. The third-order valence-corrected chi connectivity index (χ3v) is 1.64. The van der Waals surface area contributed by atoms with Gasteiger partial charge in [-0.2, -0.15) is 0 Å². The van der Waals surface area contributed by atoms with E-state index < -0.39 is 0 Å². The van der Waals surface area contributed by atoms with Gasteiger partial charge in [-0.25, -0.2) is 0 Å². The van der Waals surface area contributed by atoms with Crippen LogP contribution in [0.2, 0.25) is 0 Å². The quantitative estimate of drug-likeness (QED) is 0.618. The van der Waals surface area contributed by atoms with Gasteiger partial charge < -0.3 is 0 Å². The second-order valence-electron chi connectivity index (χ2n) is 2.29. The van der Waals surface area contributed by atoms with E-state index >= 15 is 0 Å². The molecule has 0 spiro atoms. The monoisotopic (exact) mass is 167 g/mol. The summed E-state index contributed by atoms with van der Waals surface area (Å²) in [6.45, 7) is 2.05. The maximum absolute atomic E-state index is 5.50. The Morgan fingerprint density at radius 1 is 1.64 bits per heavy atom. The molecule has 0 saturated carbocycles. The minimum atomic E-state index is 0.550. The molecule has 0 fully saturated rings. The number of alkyl halides is 1. The zero-order valence-electron chi connectivity index (χ0n) is 6.42. The van der Waals surface area contributed by atoms with Gasteiger partial charge in [-0.3, -0.25) is 4.98 Å². The number of allylic oxidation sites excluding steroid dienone is 1. The van der Waals surface area contributed by atoms with Crippen molar-refractivity contribution in [2.24, 2.45) is 0 Å². The van der Waals surface area contributed by atoms with E-state index in [0.717, 1.165) is 5.56 Å². The summed E-state index contributed by atoms with van der Waals surface area (Å²) in [5, 5.41) is 0. The van der Waals surface area contributed by atoms with E-state index in [-0.39, 0.29) is 0 Å². The van der Waals surface area contributed by atoms with Crippen molar-refractivity contribution < 1.29 is 0 Å². The topological polar surface area (TPSA) is 12.9 Å². The van der Waals surface area contributed by atoms with E-state index in [1.807, 2.05) is 24.4 Å². The first-order valence-corrected chi connectivity index (χ1v) is 4.01. The van der Waals surface area contributed by atoms with Crippen LogP contribution in [-0.4, -0.2) is 10.9 Å². The maximum Gasteiger partial charge on any atom is 0.0407 e. The second kappa shape index (κ2) is 4.14. The first-order chi connectivity index (χ1) is 5.34. The molecule has 0 radical (unpaired) electrons. The van der Waals surface area contributed by atoms with Gasteiger partial charge in [-0.05, 0) is 24.1 Å². The molecule has 0 atom stereocenters. The van der Waals surface area contributed by atoms with Crippen molar-refractivity contribution in [3.63, 3.8) is 0 Å². The zero-order valence-corrected chi connectivity index (χ0v) is 7.17. The number of aryl methyl sites for hydroxylation is 1. The highest BCUT2D eigenvalue weighted by Crippen LogP contribution is 2.06. The molecule has 0 N–H and O–H groups in total. The molecule has 58 valence electrons. The van der Waals surface area contributed by atoms with E-state index in [1.165, 1.54) is 5.56 Å². The average molecular weight is 168 g/mol. The Hall–Kier alpha value is -0.820. The van der Waals surface area contributed by atoms with Crippen LogP contribution in [-0.2, 0) is 0 Å². The van der Waals surface area contributed by atoms with Gasteiger partial charge in [-0.1, -0.05) is 12.2 Å². The van der Waals surface area contributed by atoms with Gasteiger partial charge in [0.1, 0.15) is 0 Å². The lowest BCUT2D eigenvalue weighted by Crippen LogP contribution is -1.81. The van der Waals surface area contributed by atoms with Crippen molar-refractivity contribution in [2.45, 2.75) is 6.92 Å². The van der Waals surface area contributed by atoms with Crippen LogP contribution in [0, 0.1) is 6.92 Å². The molecule has 0 aromatic carbocycles. The molecule has 0 aliphatic heterocycles. The van der Waals surface area contributed by atoms with Crippen LogP contribution >= 0.6 is 11.6 Å². The molecule has 2 heteroatoms. The van der Waals surface area contributed by atoms with Gasteiger partial charge in [-0.15, -0.1) is 11.6 Å². The van der Waals surface area contributed by atoms with Crippen molar-refractivity contribution in [2.75, 3.05) is 5.88 Å². The summed E-state index contributed by atoms with van der Waals surface area (Å²) in [6.07, 6.45) is 7.51. The van der Waals surface area contributed by atoms with E-state index in [2.05, 4.69) is 11.9 Å². The molecule has 0 aliphatic rings. The standard InChI is InChI=1S/C9H10ClN/c1-8-4-6-11-7-9(8)3-2-5-10/h2-4,6-7H,5H2,1H3/b3-2+. The fraction of sp³-hybridized carbons (Fsp3) is 0.222. The Labute approximate surface area is 71.7 Å². The summed E-state index contributed by atoms with van der Waals surface area (Å²) in [6, 6.07) is 1.98. The van der Waals surface area contributed by atoms with Crippen LogP contribution in [0.25, 0.3) is 6.08 Å². The van der Waals surface area contributed by atoms with Crippen LogP contribution in [0.15, 0.2) is 24.5 Å². The number of rotatable bonds is 2. The normalized spacial score (nSPS) is 10.7. The molecule has 0 bridgehead atoms. The van der Waals surface area contributed by atoms with Crippen LogP contribution in [0.4, 0.5) is 0 Å². The molecule has 0 amide bonds. The van der Waals surface area contributed by atoms with Crippen molar-refractivity contribution in [3.05, 3.63) is 35.7 Å². The second-order valence-corrected chi connectivity index (χ2v) is 2.60. The van der Waals surface area contributed by atoms with E-state index in [0.29, 0.717) is 5.88 Å². The molecule has 1 aromatic rings. The Morgan fingerprint density at radius 3 is 3.09 bits per heavy atom. The van der Waals surface area contributed by atoms with Crippen molar-refractivity contribution >= 4 is 17.7 Å². The zero-order chi connectivity index (χ0) is 8.10. The molecular weight excluding hydrogens is 158 g/mol. The number of halogens is 1. The molecule has 0 aliphatic carbocycles. The van der Waals surface area contributed by atoms with Gasteiger partial charge in [0.25, 0.3) is 0 Å². The molecule has 0 unspecified atom stereocenters. The van der Waals surface area contributed by atoms with Crippen molar-refractivity contribution in [1.29, 1.82) is 0 Å². The van der Waals surface area contributed by atoms with Gasteiger partial charge in [0.15, 0.2) is 0 Å². The number of nitrogens with zero attached hydrogens (tertiary/aromatic N) is 1. The third kappa shape index (κ3) is 2.35. The summed E-state index contributed by atoms with van der Waals surface area (Å²) >= 11 is 5.50. The highest BCUT2D eigenvalue weighted by atomic mass is 35.5. The number of hydrogen-bond acceptors (Lipinski definition) is 1.